The van der Waals surface area contributed by atoms with Crippen molar-refractivity contribution < 1.29 is 9.53 Å². The Kier molecular flexibility index (Phi) is 6.72. The minimum Gasteiger partial charge on any atom is -0.383 e. The van der Waals surface area contributed by atoms with Gasteiger partial charge in [0, 0.05) is 17.8 Å². The summed E-state index contributed by atoms with van der Waals surface area (Å²) < 4.78 is 6.66. The second-order valence-corrected chi connectivity index (χ2v) is 7.54. The van der Waals surface area contributed by atoms with Crippen molar-refractivity contribution in [3.05, 3.63) is 63.4 Å². The highest BCUT2D eigenvalue weighted by molar-refractivity contribution is 7.99. The van der Waals surface area contributed by atoms with Crippen molar-refractivity contribution >= 4 is 45.9 Å². The van der Waals surface area contributed by atoms with E-state index in [2.05, 4.69) is 10.3 Å². The van der Waals surface area contributed by atoms with Crippen LogP contribution in [0.15, 0.2) is 52.4 Å². The lowest BCUT2D eigenvalue weighted by Gasteiger charge is -2.13. The van der Waals surface area contributed by atoms with Crippen LogP contribution < -0.4 is 10.9 Å². The number of thioether (sulfide) groups is 1. The first-order chi connectivity index (χ1) is 13.5. The second kappa shape index (κ2) is 9.23. The average molecular weight is 418 g/mol. The summed E-state index contributed by atoms with van der Waals surface area (Å²) in [4.78, 5) is 29.8. The summed E-state index contributed by atoms with van der Waals surface area (Å²) >= 11 is 7.21. The maximum atomic E-state index is 12.8. The summed E-state index contributed by atoms with van der Waals surface area (Å²) in [5, 5.41) is 4.43. The molecule has 2 aromatic carbocycles. The zero-order chi connectivity index (χ0) is 20.1. The number of fused-ring (bicyclic) bond motifs is 1. The lowest BCUT2D eigenvalue weighted by molar-refractivity contribution is -0.113. The van der Waals surface area contributed by atoms with Crippen LogP contribution in [0.1, 0.15) is 5.56 Å². The maximum absolute atomic E-state index is 12.8. The molecular weight excluding hydrogens is 398 g/mol. The predicted octanol–water partition coefficient (Wildman–Crippen LogP) is 3.74. The Balaban J connectivity index is 1.81. The predicted molar refractivity (Wildman–Crippen MR) is 113 cm³/mol. The van der Waals surface area contributed by atoms with Crippen molar-refractivity contribution in [1.29, 1.82) is 0 Å². The van der Waals surface area contributed by atoms with Crippen LogP contribution in [0.3, 0.4) is 0 Å². The standard InChI is InChI=1S/C20H20ClN3O3S/c1-13-7-8-14(21)11-17(13)22-18(25)12-28-20-23-16-6-4-3-5-15(16)19(26)24(20)9-10-27-2/h3-8,11H,9-10,12H2,1-2H3,(H,22,25). The molecule has 0 spiro atoms. The Morgan fingerprint density at radius 1 is 1.29 bits per heavy atom. The largest absolute Gasteiger partial charge is 0.383 e. The van der Waals surface area contributed by atoms with E-state index in [-0.39, 0.29) is 17.2 Å². The molecule has 0 aliphatic rings. The molecule has 0 aliphatic carbocycles. The Hall–Kier alpha value is -2.35. The topological polar surface area (TPSA) is 73.2 Å². The molecule has 0 unspecified atom stereocenters. The highest BCUT2D eigenvalue weighted by Crippen LogP contribution is 2.22. The number of carbonyl (C=O) groups excluding carboxylic acids is 1. The highest BCUT2D eigenvalue weighted by Gasteiger charge is 2.14. The van der Waals surface area contributed by atoms with E-state index in [1.54, 1.807) is 42.0 Å². The van der Waals surface area contributed by atoms with Gasteiger partial charge in [-0.3, -0.25) is 14.2 Å². The van der Waals surface area contributed by atoms with Gasteiger partial charge in [-0.15, -0.1) is 0 Å². The van der Waals surface area contributed by atoms with Crippen LogP contribution >= 0.6 is 23.4 Å². The molecule has 146 valence electrons. The van der Waals surface area contributed by atoms with Gasteiger partial charge in [-0.1, -0.05) is 41.6 Å². The fourth-order valence-electron chi connectivity index (χ4n) is 2.68. The maximum Gasteiger partial charge on any atom is 0.262 e. The van der Waals surface area contributed by atoms with E-state index >= 15 is 0 Å². The number of aromatic nitrogens is 2. The van der Waals surface area contributed by atoms with Gasteiger partial charge in [-0.2, -0.15) is 0 Å². The number of nitrogens with one attached hydrogen (secondary N) is 1. The number of rotatable bonds is 7. The van der Waals surface area contributed by atoms with Gasteiger partial charge >= 0.3 is 0 Å². The zero-order valence-electron chi connectivity index (χ0n) is 15.6. The molecule has 1 aromatic heterocycles. The van der Waals surface area contributed by atoms with Crippen LogP contribution in [0, 0.1) is 6.92 Å². The summed E-state index contributed by atoms with van der Waals surface area (Å²) in [6, 6.07) is 12.5. The van der Waals surface area contributed by atoms with Gasteiger partial charge in [0.05, 0.1) is 29.8 Å². The summed E-state index contributed by atoms with van der Waals surface area (Å²) in [6.45, 7) is 2.64. The smallest absolute Gasteiger partial charge is 0.262 e. The van der Waals surface area contributed by atoms with Crippen molar-refractivity contribution in [2.45, 2.75) is 18.6 Å². The molecule has 6 nitrogen and oxygen atoms in total. The molecular formula is C20H20ClN3O3S. The number of halogens is 1. The van der Waals surface area contributed by atoms with Crippen LogP contribution in [0.5, 0.6) is 0 Å². The van der Waals surface area contributed by atoms with Crippen molar-refractivity contribution in [2.24, 2.45) is 0 Å². The first kappa shape index (κ1) is 20.4. The van der Waals surface area contributed by atoms with Crippen molar-refractivity contribution in [1.82, 2.24) is 9.55 Å². The van der Waals surface area contributed by atoms with E-state index in [9.17, 15) is 9.59 Å². The number of carbonyl (C=O) groups is 1. The molecule has 28 heavy (non-hydrogen) atoms. The van der Waals surface area contributed by atoms with Gasteiger partial charge in [-0.05, 0) is 36.8 Å². The fourth-order valence-corrected chi connectivity index (χ4v) is 3.68. The molecule has 1 amide bonds. The molecule has 0 fully saturated rings. The summed E-state index contributed by atoms with van der Waals surface area (Å²) in [5.41, 5.74) is 2.05. The second-order valence-electron chi connectivity index (χ2n) is 6.16. The molecule has 0 saturated heterocycles. The van der Waals surface area contributed by atoms with E-state index in [1.807, 2.05) is 19.1 Å². The number of ether oxygens (including phenoxy) is 1. The first-order valence-corrected chi connectivity index (χ1v) is 10.0. The van der Waals surface area contributed by atoms with E-state index in [0.717, 1.165) is 5.56 Å². The summed E-state index contributed by atoms with van der Waals surface area (Å²) in [7, 11) is 1.58. The van der Waals surface area contributed by atoms with E-state index in [4.69, 9.17) is 16.3 Å². The Morgan fingerprint density at radius 3 is 2.86 bits per heavy atom. The normalized spacial score (nSPS) is 11.0. The van der Waals surface area contributed by atoms with E-state index < -0.39 is 0 Å². The minimum absolute atomic E-state index is 0.115. The molecule has 0 bridgehead atoms. The lowest BCUT2D eigenvalue weighted by atomic mass is 10.2. The third kappa shape index (κ3) is 4.73. The summed E-state index contributed by atoms with van der Waals surface area (Å²) in [6.07, 6.45) is 0. The highest BCUT2D eigenvalue weighted by atomic mass is 35.5. The Bertz CT molecular complexity index is 1070. The number of benzene rings is 2. The van der Waals surface area contributed by atoms with Crippen molar-refractivity contribution in [2.75, 3.05) is 24.8 Å². The Morgan fingerprint density at radius 2 is 2.07 bits per heavy atom. The van der Waals surface area contributed by atoms with Gasteiger partial charge in [0.25, 0.3) is 5.56 Å². The monoisotopic (exact) mass is 417 g/mol. The van der Waals surface area contributed by atoms with E-state index in [1.165, 1.54) is 11.8 Å². The van der Waals surface area contributed by atoms with Crippen LogP contribution in [0.4, 0.5) is 5.69 Å². The molecule has 1 N–H and O–H groups in total. The third-order valence-electron chi connectivity index (χ3n) is 4.15. The summed E-state index contributed by atoms with van der Waals surface area (Å²) in [5.74, 6) is -0.0833. The first-order valence-electron chi connectivity index (χ1n) is 8.67. The van der Waals surface area contributed by atoms with Crippen molar-refractivity contribution in [3.63, 3.8) is 0 Å². The zero-order valence-corrected chi connectivity index (χ0v) is 17.1. The number of amides is 1. The van der Waals surface area contributed by atoms with Crippen molar-refractivity contribution in [3.8, 4) is 0 Å². The number of aryl methyl sites for hydroxylation is 1. The Labute approximate surface area is 171 Å². The van der Waals surface area contributed by atoms with Gasteiger partial charge < -0.3 is 10.1 Å². The molecule has 0 saturated carbocycles. The van der Waals surface area contributed by atoms with Gasteiger partial charge in [0.1, 0.15) is 0 Å². The number of hydrogen-bond donors (Lipinski definition) is 1. The number of hydrogen-bond acceptors (Lipinski definition) is 5. The average Bonchev–Trinajstić information content (AvgIpc) is 2.69. The number of methoxy groups -OCH3 is 1. The van der Waals surface area contributed by atoms with Crippen LogP contribution in [-0.4, -0.2) is 34.9 Å². The molecule has 3 rings (SSSR count). The SMILES string of the molecule is COCCn1c(SCC(=O)Nc2cc(Cl)ccc2C)nc2ccccc2c1=O. The number of nitrogens with zero attached hydrogens (tertiary/aromatic N) is 2. The lowest BCUT2D eigenvalue weighted by Crippen LogP contribution is -2.26. The molecule has 0 atom stereocenters. The molecule has 8 heteroatoms. The molecule has 1 heterocycles. The number of para-hydroxylation sites is 1. The molecule has 0 aliphatic heterocycles. The van der Waals surface area contributed by atoms with E-state index in [0.29, 0.717) is 39.9 Å². The fraction of sp³-hybridized carbons (Fsp3) is 0.250. The molecule has 0 radical (unpaired) electrons. The van der Waals surface area contributed by atoms with Crippen LogP contribution in [-0.2, 0) is 16.1 Å². The van der Waals surface area contributed by atoms with Gasteiger partial charge in [0.2, 0.25) is 5.91 Å². The van der Waals surface area contributed by atoms with Gasteiger partial charge in [-0.25, -0.2) is 4.98 Å². The van der Waals surface area contributed by atoms with Gasteiger partial charge in [0.15, 0.2) is 5.16 Å². The molecule has 3 aromatic rings. The quantitative estimate of drug-likeness (QED) is 0.468. The number of anilines is 1. The minimum atomic E-state index is -0.198. The third-order valence-corrected chi connectivity index (χ3v) is 5.36. The van der Waals surface area contributed by atoms with Crippen LogP contribution in [0.2, 0.25) is 5.02 Å². The van der Waals surface area contributed by atoms with Crippen LogP contribution in [0.25, 0.3) is 10.9 Å².